The second-order valence-electron chi connectivity index (χ2n) is 7.01. The zero-order chi connectivity index (χ0) is 17.9. The lowest BCUT2D eigenvalue weighted by molar-refractivity contribution is -0.503. The summed E-state index contributed by atoms with van der Waals surface area (Å²) in [4.78, 5) is 20.3. The molecule has 0 saturated heterocycles. The van der Waals surface area contributed by atoms with Crippen molar-refractivity contribution in [1.29, 1.82) is 0 Å². The van der Waals surface area contributed by atoms with Crippen LogP contribution in [0, 0.1) is 10.1 Å². The molecule has 0 aliphatic heterocycles. The van der Waals surface area contributed by atoms with Crippen molar-refractivity contribution in [3.8, 4) is 0 Å². The van der Waals surface area contributed by atoms with Gasteiger partial charge in [0.05, 0.1) is 0 Å². The topological polar surface area (TPSA) is 60.2 Å². The third-order valence-corrected chi connectivity index (χ3v) is 4.72. The van der Waals surface area contributed by atoms with Gasteiger partial charge in [0.25, 0.3) is 12.3 Å². The number of nitrogens with zero attached hydrogens (tertiary/aromatic N) is 1. The van der Waals surface area contributed by atoms with E-state index in [2.05, 4.69) is 6.92 Å². The van der Waals surface area contributed by atoms with Gasteiger partial charge in [-0.2, -0.15) is 0 Å². The molecule has 141 valence electrons. The summed E-state index contributed by atoms with van der Waals surface area (Å²) < 4.78 is 0. The maximum atomic E-state index is 10.5. The van der Waals surface area contributed by atoms with Gasteiger partial charge in [0, 0.05) is 11.3 Å². The van der Waals surface area contributed by atoms with E-state index in [1.54, 1.807) is 0 Å². The van der Waals surface area contributed by atoms with Crippen LogP contribution in [-0.2, 0) is 4.79 Å². The monoisotopic (exact) mass is 340 g/mol. The van der Waals surface area contributed by atoms with Crippen molar-refractivity contribution < 1.29 is 9.72 Å². The number of nitro groups is 1. The molecule has 4 heteroatoms. The Labute approximate surface area is 148 Å². The van der Waals surface area contributed by atoms with Crippen molar-refractivity contribution in [2.24, 2.45) is 0 Å². The summed E-state index contributed by atoms with van der Waals surface area (Å²) >= 11 is 0. The molecule has 0 saturated carbocycles. The third kappa shape index (κ3) is 15.9. The molecule has 0 heterocycles. The Bertz CT molecular complexity index is 295. The Morgan fingerprint density at radius 2 is 1.04 bits per heavy atom. The van der Waals surface area contributed by atoms with E-state index >= 15 is 0 Å². The predicted molar refractivity (Wildman–Crippen MR) is 101 cm³/mol. The van der Waals surface area contributed by atoms with Crippen molar-refractivity contribution in [1.82, 2.24) is 0 Å². The smallest absolute Gasteiger partial charge is 0.278 e. The Morgan fingerprint density at radius 3 is 1.33 bits per heavy atom. The van der Waals surface area contributed by atoms with Gasteiger partial charge in [-0.25, -0.2) is 0 Å². The molecule has 0 N–H and O–H groups in total. The quantitative estimate of drug-likeness (QED) is 0.155. The highest BCUT2D eigenvalue weighted by atomic mass is 16.6. The molecular formula is C20H38NO3. The molecular weight excluding hydrogens is 302 g/mol. The maximum absolute atomic E-state index is 10.5. The lowest BCUT2D eigenvalue weighted by Gasteiger charge is -2.04. The van der Waals surface area contributed by atoms with Crippen LogP contribution >= 0.6 is 0 Å². The summed E-state index contributed by atoms with van der Waals surface area (Å²) in [5.41, 5.74) is 0. The molecule has 0 spiro atoms. The lowest BCUT2D eigenvalue weighted by atomic mass is 10.0. The zero-order valence-corrected chi connectivity index (χ0v) is 15.8. The Balaban J connectivity index is 3.12. The second-order valence-corrected chi connectivity index (χ2v) is 7.01. The molecule has 4 nitrogen and oxygen atoms in total. The number of rotatable bonds is 19. The van der Waals surface area contributed by atoms with Crippen molar-refractivity contribution in [2.75, 3.05) is 0 Å². The fourth-order valence-corrected chi connectivity index (χ4v) is 3.09. The van der Waals surface area contributed by atoms with Gasteiger partial charge in [0.15, 0.2) is 0 Å². The Hall–Kier alpha value is -0.930. The fraction of sp³-hybridized carbons (Fsp3) is 0.950. The summed E-state index contributed by atoms with van der Waals surface area (Å²) in [6.07, 6.45) is 22.4. The normalized spacial score (nSPS) is 12.2. The molecule has 0 fully saturated rings. The first kappa shape index (κ1) is 23.1. The minimum Gasteiger partial charge on any atom is -0.283 e. The van der Waals surface area contributed by atoms with E-state index in [1.165, 1.54) is 89.8 Å². The van der Waals surface area contributed by atoms with E-state index in [9.17, 15) is 14.9 Å². The number of hydrogen-bond acceptors (Lipinski definition) is 3. The number of hydrogen-bond donors (Lipinski definition) is 0. The minimum atomic E-state index is -1.11. The summed E-state index contributed by atoms with van der Waals surface area (Å²) in [7, 11) is 0. The molecule has 0 aromatic rings. The molecule has 1 atom stereocenters. The highest BCUT2D eigenvalue weighted by Crippen LogP contribution is 2.14. The molecule has 0 bridgehead atoms. The molecule has 1 radical (unpaired) electrons. The van der Waals surface area contributed by atoms with Gasteiger partial charge < -0.3 is 0 Å². The lowest BCUT2D eigenvalue weighted by Crippen LogP contribution is -2.20. The van der Waals surface area contributed by atoms with E-state index in [4.69, 9.17) is 0 Å². The summed E-state index contributed by atoms with van der Waals surface area (Å²) in [5, 5.41) is 10.5. The van der Waals surface area contributed by atoms with Crippen molar-refractivity contribution in [3.05, 3.63) is 10.1 Å². The van der Waals surface area contributed by atoms with Crippen LogP contribution in [0.4, 0.5) is 0 Å². The highest BCUT2D eigenvalue weighted by molar-refractivity contribution is 5.56. The van der Waals surface area contributed by atoms with E-state index in [0.717, 1.165) is 19.3 Å². The molecule has 0 aromatic heterocycles. The van der Waals surface area contributed by atoms with E-state index in [-0.39, 0.29) is 0 Å². The standard InChI is InChI=1S/C20H38NO3/c1-2-3-4-5-6-7-8-9-10-11-12-13-14-15-16-17-18-20(19-22)21(23)24/h20H,2-18H2,1H3. The second kappa shape index (κ2) is 18.4. The van der Waals surface area contributed by atoms with Gasteiger partial charge in [0.1, 0.15) is 0 Å². The van der Waals surface area contributed by atoms with E-state index in [1.807, 2.05) is 0 Å². The molecule has 0 aromatic carbocycles. The Kier molecular flexibility index (Phi) is 17.7. The largest absolute Gasteiger partial charge is 0.283 e. The van der Waals surface area contributed by atoms with Crippen LogP contribution < -0.4 is 0 Å². The predicted octanol–water partition coefficient (Wildman–Crippen LogP) is 6.39. The molecule has 0 aliphatic rings. The summed E-state index contributed by atoms with van der Waals surface area (Å²) in [6, 6.07) is -1.11. The van der Waals surface area contributed by atoms with Gasteiger partial charge in [-0.3, -0.25) is 14.9 Å². The van der Waals surface area contributed by atoms with E-state index < -0.39 is 11.0 Å². The molecule has 0 rings (SSSR count). The van der Waals surface area contributed by atoms with Crippen LogP contribution in [0.1, 0.15) is 116 Å². The van der Waals surface area contributed by atoms with Crippen LogP contribution in [0.5, 0.6) is 0 Å². The highest BCUT2D eigenvalue weighted by Gasteiger charge is 2.18. The van der Waals surface area contributed by atoms with Crippen LogP contribution in [0.15, 0.2) is 0 Å². The van der Waals surface area contributed by atoms with Crippen LogP contribution in [0.25, 0.3) is 0 Å². The van der Waals surface area contributed by atoms with Gasteiger partial charge >= 0.3 is 0 Å². The molecule has 0 aliphatic carbocycles. The average molecular weight is 341 g/mol. The van der Waals surface area contributed by atoms with Gasteiger partial charge in [-0.15, -0.1) is 0 Å². The van der Waals surface area contributed by atoms with Gasteiger partial charge in [-0.1, -0.05) is 103 Å². The maximum Gasteiger partial charge on any atom is 0.278 e. The van der Waals surface area contributed by atoms with E-state index in [0.29, 0.717) is 6.42 Å². The van der Waals surface area contributed by atoms with Crippen molar-refractivity contribution in [2.45, 2.75) is 122 Å². The summed E-state index contributed by atoms with van der Waals surface area (Å²) in [6.45, 7) is 2.26. The Morgan fingerprint density at radius 1 is 0.708 bits per heavy atom. The first-order chi connectivity index (χ1) is 11.7. The molecule has 1 unspecified atom stereocenters. The molecule has 24 heavy (non-hydrogen) atoms. The number of unbranched alkanes of at least 4 members (excludes halogenated alkanes) is 15. The minimum absolute atomic E-state index is 0.342. The summed E-state index contributed by atoms with van der Waals surface area (Å²) in [5.74, 6) is 0. The first-order valence-electron chi connectivity index (χ1n) is 10.2. The zero-order valence-electron chi connectivity index (χ0n) is 15.8. The molecule has 0 amide bonds. The van der Waals surface area contributed by atoms with Crippen LogP contribution in [-0.4, -0.2) is 17.3 Å². The average Bonchev–Trinajstić information content (AvgIpc) is 2.57. The number of carbonyl (C=O) groups excluding carboxylic acids is 1. The first-order valence-corrected chi connectivity index (χ1v) is 10.2. The third-order valence-electron chi connectivity index (χ3n) is 4.72. The SMILES string of the molecule is CCCCCCCCCCCCCCCCCCC([C]=O)[N+](=O)[O-]. The fourth-order valence-electron chi connectivity index (χ4n) is 3.09. The van der Waals surface area contributed by atoms with Gasteiger partial charge in [0.2, 0.25) is 0 Å². The van der Waals surface area contributed by atoms with Crippen molar-refractivity contribution in [3.63, 3.8) is 0 Å². The van der Waals surface area contributed by atoms with Crippen LogP contribution in [0.2, 0.25) is 0 Å². The van der Waals surface area contributed by atoms with Gasteiger partial charge in [-0.05, 0) is 6.42 Å². The van der Waals surface area contributed by atoms with Crippen molar-refractivity contribution >= 4 is 6.29 Å². The van der Waals surface area contributed by atoms with Crippen LogP contribution in [0.3, 0.4) is 0 Å².